The third-order valence-corrected chi connectivity index (χ3v) is 3.48. The topological polar surface area (TPSA) is 24.5 Å². The molecule has 0 aromatic heterocycles. The molecule has 1 aromatic rings. The first-order valence-electron chi connectivity index (χ1n) is 6.81. The molecule has 1 atom stereocenters. The highest BCUT2D eigenvalue weighted by Gasteiger charge is 2.24. The fourth-order valence-corrected chi connectivity index (χ4v) is 2.58. The zero-order valence-electron chi connectivity index (χ0n) is 11.4. The molecule has 1 fully saturated rings. The van der Waals surface area contributed by atoms with E-state index in [-0.39, 0.29) is 11.8 Å². The number of ether oxygens (including phenoxy) is 1. The largest absolute Gasteiger partial charge is 0.434 e. The van der Waals surface area contributed by atoms with Crippen LogP contribution in [0.15, 0.2) is 36.9 Å². The lowest BCUT2D eigenvalue weighted by molar-refractivity contribution is -0.0512. The highest BCUT2D eigenvalue weighted by atomic mass is 19.3. The Labute approximate surface area is 118 Å². The third kappa shape index (κ3) is 3.77. The van der Waals surface area contributed by atoms with Crippen LogP contribution < -0.4 is 10.1 Å². The molecular formula is C15H20F2N2O. The molecule has 0 bridgehead atoms. The zero-order chi connectivity index (χ0) is 14.4. The van der Waals surface area contributed by atoms with E-state index in [2.05, 4.69) is 21.5 Å². The van der Waals surface area contributed by atoms with Gasteiger partial charge >= 0.3 is 6.61 Å². The molecular weight excluding hydrogens is 262 g/mol. The number of halogens is 2. The van der Waals surface area contributed by atoms with Crippen LogP contribution in [-0.2, 0) is 0 Å². The van der Waals surface area contributed by atoms with Gasteiger partial charge in [-0.3, -0.25) is 4.90 Å². The molecule has 0 spiro atoms. The molecule has 3 nitrogen and oxygen atoms in total. The first-order chi connectivity index (χ1) is 9.72. The number of hydrogen-bond donors (Lipinski definition) is 1. The van der Waals surface area contributed by atoms with Crippen molar-refractivity contribution in [1.82, 2.24) is 10.2 Å². The summed E-state index contributed by atoms with van der Waals surface area (Å²) in [5.74, 6) is 0.257. The van der Waals surface area contributed by atoms with E-state index in [1.165, 1.54) is 0 Å². The van der Waals surface area contributed by atoms with Crippen LogP contribution >= 0.6 is 0 Å². The highest BCUT2D eigenvalue weighted by Crippen LogP contribution is 2.33. The Morgan fingerprint density at radius 3 is 2.65 bits per heavy atom. The monoisotopic (exact) mass is 282 g/mol. The van der Waals surface area contributed by atoms with E-state index in [1.54, 1.807) is 12.1 Å². The van der Waals surface area contributed by atoms with Gasteiger partial charge in [-0.2, -0.15) is 8.78 Å². The lowest BCUT2D eigenvalue weighted by Gasteiger charge is -2.35. The third-order valence-electron chi connectivity index (χ3n) is 3.48. The second kappa shape index (κ2) is 7.36. The van der Waals surface area contributed by atoms with E-state index in [9.17, 15) is 8.78 Å². The van der Waals surface area contributed by atoms with Crippen molar-refractivity contribution in [2.24, 2.45) is 0 Å². The molecule has 1 heterocycles. The summed E-state index contributed by atoms with van der Waals surface area (Å²) in [5, 5.41) is 3.29. The normalized spacial score (nSPS) is 17.9. The van der Waals surface area contributed by atoms with E-state index in [0.29, 0.717) is 6.42 Å². The molecule has 0 radical (unpaired) electrons. The SMILES string of the molecule is C=CC[C@H](c1ccccc1OC(F)F)N1CCNCC1. The van der Waals surface area contributed by atoms with Gasteiger partial charge in [0.1, 0.15) is 5.75 Å². The van der Waals surface area contributed by atoms with Crippen LogP contribution in [0.25, 0.3) is 0 Å². The predicted molar refractivity (Wildman–Crippen MR) is 75.1 cm³/mol. The van der Waals surface area contributed by atoms with E-state index >= 15 is 0 Å². The first kappa shape index (κ1) is 14.9. The van der Waals surface area contributed by atoms with Crippen LogP contribution in [-0.4, -0.2) is 37.7 Å². The summed E-state index contributed by atoms with van der Waals surface area (Å²) in [5.41, 5.74) is 0.801. The number of benzene rings is 1. The summed E-state index contributed by atoms with van der Waals surface area (Å²) < 4.78 is 29.7. The number of rotatable bonds is 6. The molecule has 0 unspecified atom stereocenters. The van der Waals surface area contributed by atoms with Crippen molar-refractivity contribution < 1.29 is 13.5 Å². The fraction of sp³-hybridized carbons (Fsp3) is 0.467. The van der Waals surface area contributed by atoms with Crippen molar-refractivity contribution in [2.75, 3.05) is 26.2 Å². The minimum Gasteiger partial charge on any atom is -0.434 e. The zero-order valence-corrected chi connectivity index (χ0v) is 11.4. The minimum absolute atomic E-state index is 0.0320. The van der Waals surface area contributed by atoms with Gasteiger partial charge in [-0.05, 0) is 12.5 Å². The Hall–Kier alpha value is -1.46. The van der Waals surface area contributed by atoms with Gasteiger partial charge < -0.3 is 10.1 Å². The molecule has 1 aliphatic heterocycles. The lowest BCUT2D eigenvalue weighted by atomic mass is 10.00. The number of para-hydroxylation sites is 1. The maximum Gasteiger partial charge on any atom is 0.387 e. The summed E-state index contributed by atoms with van der Waals surface area (Å²) in [7, 11) is 0. The summed E-state index contributed by atoms with van der Waals surface area (Å²) in [6.07, 6.45) is 2.54. The first-order valence-corrected chi connectivity index (χ1v) is 6.81. The number of piperazine rings is 1. The maximum atomic E-state index is 12.5. The van der Waals surface area contributed by atoms with Crippen LogP contribution in [0.1, 0.15) is 18.0 Å². The van der Waals surface area contributed by atoms with Crippen molar-refractivity contribution >= 4 is 0 Å². The molecule has 0 saturated carbocycles. The average Bonchev–Trinajstić information content (AvgIpc) is 2.46. The van der Waals surface area contributed by atoms with Crippen LogP contribution in [0.5, 0.6) is 5.75 Å². The van der Waals surface area contributed by atoms with E-state index in [1.807, 2.05) is 18.2 Å². The van der Waals surface area contributed by atoms with Gasteiger partial charge in [0.25, 0.3) is 0 Å². The van der Waals surface area contributed by atoms with Crippen molar-refractivity contribution in [3.8, 4) is 5.75 Å². The Kier molecular flexibility index (Phi) is 5.49. The quantitative estimate of drug-likeness (QED) is 0.812. The van der Waals surface area contributed by atoms with Crippen molar-refractivity contribution in [3.63, 3.8) is 0 Å². The predicted octanol–water partition coefficient (Wildman–Crippen LogP) is 2.81. The Morgan fingerprint density at radius 2 is 2.00 bits per heavy atom. The van der Waals surface area contributed by atoms with E-state index < -0.39 is 6.61 Å². The Morgan fingerprint density at radius 1 is 1.30 bits per heavy atom. The second-order valence-corrected chi connectivity index (χ2v) is 4.74. The van der Waals surface area contributed by atoms with Gasteiger partial charge in [-0.1, -0.05) is 24.3 Å². The molecule has 1 aromatic carbocycles. The summed E-state index contributed by atoms with van der Waals surface area (Å²) in [6.45, 7) is 4.58. The molecule has 1 aliphatic rings. The van der Waals surface area contributed by atoms with E-state index in [0.717, 1.165) is 31.7 Å². The molecule has 0 amide bonds. The number of hydrogen-bond acceptors (Lipinski definition) is 3. The van der Waals surface area contributed by atoms with Crippen LogP contribution in [0.2, 0.25) is 0 Å². The van der Waals surface area contributed by atoms with Crippen molar-refractivity contribution in [2.45, 2.75) is 19.1 Å². The minimum atomic E-state index is -2.80. The Balaban J connectivity index is 2.25. The summed E-state index contributed by atoms with van der Waals surface area (Å²) >= 11 is 0. The molecule has 20 heavy (non-hydrogen) atoms. The summed E-state index contributed by atoms with van der Waals surface area (Å²) in [6, 6.07) is 7.05. The van der Waals surface area contributed by atoms with Crippen LogP contribution in [0.3, 0.4) is 0 Å². The van der Waals surface area contributed by atoms with Gasteiger partial charge in [-0.25, -0.2) is 0 Å². The molecule has 2 rings (SSSR count). The van der Waals surface area contributed by atoms with Gasteiger partial charge in [-0.15, -0.1) is 6.58 Å². The van der Waals surface area contributed by atoms with Crippen LogP contribution in [0.4, 0.5) is 8.78 Å². The Bertz CT molecular complexity index is 434. The van der Waals surface area contributed by atoms with Gasteiger partial charge in [0.2, 0.25) is 0 Å². The standard InChI is InChI=1S/C15H20F2N2O/c1-2-5-13(19-10-8-18-9-11-19)12-6-3-4-7-14(12)20-15(16)17/h2-4,6-7,13,15,18H,1,5,8-11H2/t13-/m1/s1. The number of alkyl halides is 2. The molecule has 5 heteroatoms. The second-order valence-electron chi connectivity index (χ2n) is 4.74. The highest BCUT2D eigenvalue weighted by molar-refractivity contribution is 5.36. The average molecular weight is 282 g/mol. The van der Waals surface area contributed by atoms with Gasteiger partial charge in [0.15, 0.2) is 0 Å². The summed E-state index contributed by atoms with van der Waals surface area (Å²) in [4.78, 5) is 2.28. The molecule has 0 aliphatic carbocycles. The molecule has 1 N–H and O–H groups in total. The maximum absolute atomic E-state index is 12.5. The van der Waals surface area contributed by atoms with Crippen molar-refractivity contribution in [1.29, 1.82) is 0 Å². The fourth-order valence-electron chi connectivity index (χ4n) is 2.58. The van der Waals surface area contributed by atoms with E-state index in [4.69, 9.17) is 0 Å². The van der Waals surface area contributed by atoms with Crippen LogP contribution in [0, 0.1) is 0 Å². The smallest absolute Gasteiger partial charge is 0.387 e. The van der Waals surface area contributed by atoms with Gasteiger partial charge in [0.05, 0.1) is 0 Å². The molecule has 1 saturated heterocycles. The number of nitrogens with zero attached hydrogens (tertiary/aromatic N) is 1. The number of nitrogens with one attached hydrogen (secondary N) is 1. The van der Waals surface area contributed by atoms with Crippen molar-refractivity contribution in [3.05, 3.63) is 42.5 Å². The lowest BCUT2D eigenvalue weighted by Crippen LogP contribution is -2.45. The van der Waals surface area contributed by atoms with Gasteiger partial charge in [0, 0.05) is 37.8 Å². The molecule has 110 valence electrons.